The molecule has 0 aliphatic carbocycles. The molecule has 0 spiro atoms. The van der Waals surface area contributed by atoms with Gasteiger partial charge in [-0.1, -0.05) is 198 Å². The number of carbonyl (C=O) groups excluding carboxylic acids is 1. The number of amides is 1. The van der Waals surface area contributed by atoms with E-state index >= 15 is 0 Å². The Hall–Kier alpha value is -1.28. The Balaban J connectivity index is 4.10. The maximum Gasteiger partial charge on any atom is 0.472 e. The second-order valence-electron chi connectivity index (χ2n) is 15.6. The van der Waals surface area contributed by atoms with Gasteiger partial charge in [-0.15, -0.1) is 0 Å². The van der Waals surface area contributed by atoms with Gasteiger partial charge in [0.2, 0.25) is 5.91 Å². The van der Waals surface area contributed by atoms with E-state index in [9.17, 15) is 19.4 Å². The highest BCUT2D eigenvalue weighted by molar-refractivity contribution is 7.47. The number of phosphoric acid groups is 1. The molecule has 324 valence electrons. The summed E-state index contributed by atoms with van der Waals surface area (Å²) in [5.41, 5.74) is 5.37. The molecular weight excluding hydrogens is 707 g/mol. The van der Waals surface area contributed by atoms with Crippen LogP contribution in [0.1, 0.15) is 219 Å². The normalized spacial score (nSPS) is 14.3. The molecule has 0 heterocycles. The number of rotatable bonds is 43. The van der Waals surface area contributed by atoms with E-state index < -0.39 is 20.0 Å². The van der Waals surface area contributed by atoms with Gasteiger partial charge in [0.25, 0.3) is 0 Å². The minimum atomic E-state index is -4.34. The van der Waals surface area contributed by atoms with Crippen LogP contribution in [0, 0.1) is 0 Å². The molecule has 0 aromatic rings. The van der Waals surface area contributed by atoms with E-state index in [0.717, 1.165) is 44.9 Å². The lowest BCUT2D eigenvalue weighted by atomic mass is 10.0. The lowest BCUT2D eigenvalue weighted by Crippen LogP contribution is -2.45. The van der Waals surface area contributed by atoms with Crippen LogP contribution in [0.15, 0.2) is 36.5 Å². The molecule has 0 aliphatic heterocycles. The van der Waals surface area contributed by atoms with Gasteiger partial charge >= 0.3 is 7.82 Å². The third-order valence-corrected chi connectivity index (χ3v) is 11.2. The number of phosphoric ester groups is 1. The zero-order chi connectivity index (χ0) is 40.3. The van der Waals surface area contributed by atoms with E-state index in [1.165, 1.54) is 154 Å². The first-order valence-corrected chi connectivity index (χ1v) is 24.6. The van der Waals surface area contributed by atoms with Crippen LogP contribution in [-0.4, -0.2) is 47.8 Å². The van der Waals surface area contributed by atoms with Gasteiger partial charge in [-0.3, -0.25) is 13.8 Å². The van der Waals surface area contributed by atoms with E-state index in [1.807, 2.05) is 6.08 Å². The van der Waals surface area contributed by atoms with E-state index in [4.69, 9.17) is 14.8 Å². The van der Waals surface area contributed by atoms with Crippen LogP contribution in [0.3, 0.4) is 0 Å². The Morgan fingerprint density at radius 3 is 1.44 bits per heavy atom. The number of allylic oxidation sites excluding steroid dienone is 5. The van der Waals surface area contributed by atoms with Crippen LogP contribution < -0.4 is 11.1 Å². The van der Waals surface area contributed by atoms with Gasteiger partial charge in [0.1, 0.15) is 0 Å². The van der Waals surface area contributed by atoms with Crippen LogP contribution in [0.2, 0.25) is 0 Å². The molecular formula is C46H89N2O6P. The average Bonchev–Trinajstić information content (AvgIpc) is 3.17. The highest BCUT2D eigenvalue weighted by atomic mass is 31.2. The number of nitrogens with one attached hydrogen (secondary N) is 1. The first kappa shape index (κ1) is 53.7. The largest absolute Gasteiger partial charge is 0.472 e. The van der Waals surface area contributed by atoms with Crippen molar-refractivity contribution in [3.8, 4) is 0 Å². The predicted molar refractivity (Wildman–Crippen MR) is 235 cm³/mol. The fourth-order valence-corrected chi connectivity index (χ4v) is 7.45. The summed E-state index contributed by atoms with van der Waals surface area (Å²) in [6.45, 7) is 4.13. The highest BCUT2D eigenvalue weighted by Gasteiger charge is 2.26. The van der Waals surface area contributed by atoms with Crippen molar-refractivity contribution in [3.05, 3.63) is 36.5 Å². The monoisotopic (exact) mass is 797 g/mol. The fourth-order valence-electron chi connectivity index (χ4n) is 6.69. The number of aliphatic hydroxyl groups excluding tert-OH is 1. The summed E-state index contributed by atoms with van der Waals surface area (Å²) in [7, 11) is -4.34. The Morgan fingerprint density at radius 2 is 1.00 bits per heavy atom. The third-order valence-electron chi connectivity index (χ3n) is 10.2. The van der Waals surface area contributed by atoms with Crippen molar-refractivity contribution < 1.29 is 28.4 Å². The minimum absolute atomic E-state index is 0.0782. The summed E-state index contributed by atoms with van der Waals surface area (Å²) in [4.78, 5) is 22.7. The summed E-state index contributed by atoms with van der Waals surface area (Å²) >= 11 is 0. The molecule has 0 aromatic carbocycles. The van der Waals surface area contributed by atoms with Crippen molar-refractivity contribution >= 4 is 13.7 Å². The molecule has 55 heavy (non-hydrogen) atoms. The molecule has 0 rings (SSSR count). The van der Waals surface area contributed by atoms with Gasteiger partial charge in [0, 0.05) is 13.0 Å². The van der Waals surface area contributed by atoms with E-state index in [2.05, 4.69) is 43.5 Å². The highest BCUT2D eigenvalue weighted by Crippen LogP contribution is 2.43. The fraction of sp³-hybridized carbons (Fsp3) is 0.848. The summed E-state index contributed by atoms with van der Waals surface area (Å²) in [6.07, 6.45) is 50.5. The molecule has 5 N–H and O–H groups in total. The van der Waals surface area contributed by atoms with Crippen LogP contribution >= 0.6 is 7.82 Å². The first-order chi connectivity index (χ1) is 26.9. The quantitative estimate of drug-likeness (QED) is 0.0274. The molecule has 0 saturated carbocycles. The van der Waals surface area contributed by atoms with Crippen molar-refractivity contribution in [3.63, 3.8) is 0 Å². The van der Waals surface area contributed by atoms with Crippen LogP contribution in [0.25, 0.3) is 0 Å². The van der Waals surface area contributed by atoms with Crippen molar-refractivity contribution in [1.29, 1.82) is 0 Å². The number of unbranched alkanes of at least 4 members (excludes halogenated alkanes) is 27. The standard InChI is InChI=1S/C46H89N2O6P/c1-3-5-7-9-11-13-15-17-18-19-20-21-22-23-24-25-26-28-30-32-34-36-38-40-46(50)48-44(43-54-55(51,52)53-42-41-47)45(49)39-37-35-33-31-29-27-16-14-12-10-8-6-4-2/h15,17,19-20,37,39,44-45,49H,3-14,16,18,21-36,38,40-43,47H2,1-2H3,(H,48,50)(H,51,52)/b17-15-,20-19-,39-37+. The molecule has 0 radical (unpaired) electrons. The van der Waals surface area contributed by atoms with E-state index in [1.54, 1.807) is 6.08 Å². The average molecular weight is 797 g/mol. The Bertz CT molecular complexity index is 959. The van der Waals surface area contributed by atoms with Crippen LogP contribution in [0.4, 0.5) is 0 Å². The minimum Gasteiger partial charge on any atom is -0.387 e. The SMILES string of the molecule is CCCCCCC/C=C\C/C=C\CCCCCCCCCCCCCC(=O)NC(COP(=O)(O)OCCN)C(O)/C=C/CCCCCCCCCCCCC. The summed E-state index contributed by atoms with van der Waals surface area (Å²) in [5, 5.41) is 13.7. The van der Waals surface area contributed by atoms with E-state index in [0.29, 0.717) is 6.42 Å². The van der Waals surface area contributed by atoms with E-state index in [-0.39, 0.29) is 25.7 Å². The molecule has 0 fully saturated rings. The van der Waals surface area contributed by atoms with Gasteiger partial charge in [0.05, 0.1) is 25.4 Å². The zero-order valence-corrected chi connectivity index (χ0v) is 36.8. The molecule has 8 nitrogen and oxygen atoms in total. The topological polar surface area (TPSA) is 131 Å². The number of nitrogens with two attached hydrogens (primary N) is 1. The summed E-state index contributed by atoms with van der Waals surface area (Å²) in [6, 6.07) is -0.860. The van der Waals surface area contributed by atoms with Gasteiger partial charge in [0.15, 0.2) is 0 Å². The van der Waals surface area contributed by atoms with Crippen LogP contribution in [0.5, 0.6) is 0 Å². The molecule has 1 amide bonds. The Labute approximate surface area is 340 Å². The third kappa shape index (κ3) is 40.7. The second-order valence-corrected chi connectivity index (χ2v) is 17.1. The predicted octanol–water partition coefficient (Wildman–Crippen LogP) is 13.1. The molecule has 0 aliphatic rings. The Morgan fingerprint density at radius 1 is 0.600 bits per heavy atom. The van der Waals surface area contributed by atoms with Crippen molar-refractivity contribution in [2.75, 3.05) is 19.8 Å². The number of hydrogen-bond donors (Lipinski definition) is 4. The maximum absolute atomic E-state index is 12.8. The molecule has 3 atom stereocenters. The molecule has 0 bridgehead atoms. The van der Waals surface area contributed by atoms with Gasteiger partial charge in [-0.2, -0.15) is 0 Å². The second kappa shape index (κ2) is 42.3. The maximum atomic E-state index is 12.8. The Kier molecular flexibility index (Phi) is 41.3. The molecule has 0 aromatic heterocycles. The first-order valence-electron chi connectivity index (χ1n) is 23.1. The van der Waals surface area contributed by atoms with Gasteiger partial charge in [-0.25, -0.2) is 4.57 Å². The number of aliphatic hydroxyl groups is 1. The van der Waals surface area contributed by atoms with Crippen molar-refractivity contribution in [2.45, 2.75) is 231 Å². The number of carbonyl (C=O) groups is 1. The number of hydrogen-bond acceptors (Lipinski definition) is 6. The van der Waals surface area contributed by atoms with Crippen molar-refractivity contribution in [2.24, 2.45) is 5.73 Å². The molecule has 9 heteroatoms. The van der Waals surface area contributed by atoms with Crippen LogP contribution in [-0.2, 0) is 18.4 Å². The molecule has 3 unspecified atom stereocenters. The smallest absolute Gasteiger partial charge is 0.387 e. The van der Waals surface area contributed by atoms with Gasteiger partial charge in [-0.05, 0) is 51.4 Å². The lowest BCUT2D eigenvalue weighted by molar-refractivity contribution is -0.123. The van der Waals surface area contributed by atoms with Crippen molar-refractivity contribution in [1.82, 2.24) is 5.32 Å². The zero-order valence-electron chi connectivity index (χ0n) is 35.9. The van der Waals surface area contributed by atoms with Gasteiger partial charge < -0.3 is 21.1 Å². The molecule has 0 saturated heterocycles. The summed E-state index contributed by atoms with van der Waals surface area (Å²) < 4.78 is 22.1. The lowest BCUT2D eigenvalue weighted by Gasteiger charge is -2.23. The summed E-state index contributed by atoms with van der Waals surface area (Å²) in [5.74, 6) is -0.196.